The zero-order chi connectivity index (χ0) is 19.2. The minimum atomic E-state index is 0.00232. The fourth-order valence-corrected chi connectivity index (χ4v) is 3.85. The molecule has 0 bridgehead atoms. The van der Waals surface area contributed by atoms with Crippen molar-refractivity contribution in [2.75, 3.05) is 50.8 Å². The lowest BCUT2D eigenvalue weighted by Gasteiger charge is -2.37. The summed E-state index contributed by atoms with van der Waals surface area (Å²) < 4.78 is 5.43. The highest BCUT2D eigenvalue weighted by Crippen LogP contribution is 2.31. The van der Waals surface area contributed by atoms with Crippen LogP contribution in [0.2, 0.25) is 5.02 Å². The number of ether oxygens (including phenoxy) is 1. The second kappa shape index (κ2) is 9.45. The van der Waals surface area contributed by atoms with Crippen molar-refractivity contribution in [2.45, 2.75) is 19.8 Å². The largest absolute Gasteiger partial charge is 0.491 e. The lowest BCUT2D eigenvalue weighted by molar-refractivity contribution is 0.201. The third-order valence-corrected chi connectivity index (χ3v) is 5.47. The maximum atomic E-state index is 8.86. The van der Waals surface area contributed by atoms with Crippen LogP contribution in [0.4, 0.5) is 5.69 Å². The summed E-state index contributed by atoms with van der Waals surface area (Å²) in [6, 6.07) is 14.6. The van der Waals surface area contributed by atoms with Crippen LogP contribution in [0.1, 0.15) is 24.0 Å². The maximum Gasteiger partial charge on any atom is 0.121 e. The smallest absolute Gasteiger partial charge is 0.121 e. The number of aliphatic hydroxyl groups is 1. The van der Waals surface area contributed by atoms with E-state index >= 15 is 0 Å². The summed E-state index contributed by atoms with van der Waals surface area (Å²) >= 11 is 6.46. The third kappa shape index (κ3) is 5.38. The Morgan fingerprint density at radius 1 is 1.07 bits per heavy atom. The van der Waals surface area contributed by atoms with Gasteiger partial charge in [-0.15, -0.1) is 0 Å². The molecule has 1 atom stereocenters. The van der Waals surface area contributed by atoms with E-state index in [0.717, 1.165) is 38.4 Å². The summed E-state index contributed by atoms with van der Waals surface area (Å²) in [4.78, 5) is 4.87. The predicted molar refractivity (Wildman–Crippen MR) is 112 cm³/mol. The summed E-state index contributed by atoms with van der Waals surface area (Å²) in [5.41, 5.74) is 3.77. The maximum absolute atomic E-state index is 8.86. The highest BCUT2D eigenvalue weighted by molar-refractivity contribution is 6.33. The molecule has 0 amide bonds. The Bertz CT molecular complexity index is 728. The quantitative estimate of drug-likeness (QED) is 0.779. The van der Waals surface area contributed by atoms with E-state index in [1.165, 1.54) is 11.1 Å². The Hall–Kier alpha value is -1.75. The Morgan fingerprint density at radius 2 is 1.78 bits per heavy atom. The van der Waals surface area contributed by atoms with E-state index in [9.17, 15) is 0 Å². The van der Waals surface area contributed by atoms with Crippen molar-refractivity contribution >= 4 is 17.3 Å². The van der Waals surface area contributed by atoms with Crippen LogP contribution in [-0.4, -0.2) is 55.9 Å². The minimum absolute atomic E-state index is 0.00232. The first kappa shape index (κ1) is 20.0. The molecular formula is C22H29ClN2O2. The van der Waals surface area contributed by atoms with Crippen LogP contribution in [0.5, 0.6) is 5.75 Å². The second-order valence-electron chi connectivity index (χ2n) is 7.28. The van der Waals surface area contributed by atoms with E-state index in [-0.39, 0.29) is 13.2 Å². The monoisotopic (exact) mass is 388 g/mol. The van der Waals surface area contributed by atoms with Gasteiger partial charge in [0.05, 0.1) is 17.3 Å². The van der Waals surface area contributed by atoms with E-state index in [0.29, 0.717) is 16.7 Å². The molecule has 3 rings (SSSR count). The number of hydrogen-bond acceptors (Lipinski definition) is 4. The van der Waals surface area contributed by atoms with Gasteiger partial charge in [-0.2, -0.15) is 0 Å². The Morgan fingerprint density at radius 3 is 2.41 bits per heavy atom. The number of benzene rings is 2. The van der Waals surface area contributed by atoms with Gasteiger partial charge in [-0.3, -0.25) is 4.90 Å². The number of rotatable bonds is 7. The van der Waals surface area contributed by atoms with Crippen LogP contribution in [-0.2, 0) is 0 Å². The highest BCUT2D eigenvalue weighted by atomic mass is 35.5. The van der Waals surface area contributed by atoms with Gasteiger partial charge in [0, 0.05) is 38.8 Å². The van der Waals surface area contributed by atoms with Gasteiger partial charge in [0.2, 0.25) is 0 Å². The van der Waals surface area contributed by atoms with Crippen molar-refractivity contribution in [3.63, 3.8) is 0 Å². The first-order valence-electron chi connectivity index (χ1n) is 9.64. The molecule has 1 unspecified atom stereocenters. The zero-order valence-corrected chi connectivity index (χ0v) is 17.0. The average molecular weight is 389 g/mol. The summed E-state index contributed by atoms with van der Waals surface area (Å²) in [7, 11) is 0. The molecule has 27 heavy (non-hydrogen) atoms. The molecule has 0 spiro atoms. The van der Waals surface area contributed by atoms with Crippen LogP contribution in [0.25, 0.3) is 0 Å². The van der Waals surface area contributed by atoms with Gasteiger partial charge in [0.1, 0.15) is 12.4 Å². The third-order valence-electron chi connectivity index (χ3n) is 5.17. The molecule has 1 aliphatic rings. The second-order valence-corrected chi connectivity index (χ2v) is 7.69. The van der Waals surface area contributed by atoms with Crippen molar-refractivity contribution in [3.05, 3.63) is 58.6 Å². The Labute approximate surface area is 167 Å². The number of nitrogens with zero attached hydrogens (tertiary/aromatic N) is 2. The fourth-order valence-electron chi connectivity index (χ4n) is 3.56. The number of aryl methyl sites for hydroxylation is 1. The van der Waals surface area contributed by atoms with Gasteiger partial charge < -0.3 is 14.7 Å². The number of hydrogen-bond donors (Lipinski definition) is 1. The summed E-state index contributed by atoms with van der Waals surface area (Å²) in [5, 5.41) is 9.56. The molecule has 146 valence electrons. The van der Waals surface area contributed by atoms with Crippen LogP contribution in [0.3, 0.4) is 0 Å². The zero-order valence-electron chi connectivity index (χ0n) is 16.2. The molecule has 2 aromatic rings. The average Bonchev–Trinajstić information content (AvgIpc) is 2.68. The lowest BCUT2D eigenvalue weighted by atomic mass is 9.99. The summed E-state index contributed by atoms with van der Waals surface area (Å²) in [6.07, 6.45) is 0. The van der Waals surface area contributed by atoms with Gasteiger partial charge >= 0.3 is 0 Å². The molecule has 5 heteroatoms. The molecule has 2 aromatic carbocycles. The van der Waals surface area contributed by atoms with Crippen LogP contribution < -0.4 is 9.64 Å². The number of piperazine rings is 1. The number of aliphatic hydroxyl groups excluding tert-OH is 1. The normalized spacial score (nSPS) is 16.4. The molecule has 1 aliphatic heterocycles. The van der Waals surface area contributed by atoms with Gasteiger partial charge in [-0.1, -0.05) is 48.4 Å². The number of halogens is 1. The van der Waals surface area contributed by atoms with Crippen LogP contribution in [0.15, 0.2) is 42.5 Å². The molecular weight excluding hydrogens is 360 g/mol. The topological polar surface area (TPSA) is 35.9 Å². The van der Waals surface area contributed by atoms with Crippen molar-refractivity contribution < 1.29 is 9.84 Å². The first-order chi connectivity index (χ1) is 13.1. The van der Waals surface area contributed by atoms with E-state index in [4.69, 9.17) is 21.4 Å². The van der Waals surface area contributed by atoms with Crippen molar-refractivity contribution in [1.82, 2.24) is 4.90 Å². The molecule has 0 radical (unpaired) electrons. The number of anilines is 1. The standard InChI is InChI=1S/C22H29ClN2O2/c1-17-3-5-19(6-4-17)18(2)16-24-9-11-25(12-10-24)22-8-7-20(15-21(22)23)27-14-13-26/h3-8,15,18,26H,9-14,16H2,1-2H3. The molecule has 0 aromatic heterocycles. The van der Waals surface area contributed by atoms with Crippen molar-refractivity contribution in [2.24, 2.45) is 0 Å². The van der Waals surface area contributed by atoms with Crippen LogP contribution >= 0.6 is 11.6 Å². The summed E-state index contributed by atoms with van der Waals surface area (Å²) in [6.45, 7) is 9.82. The van der Waals surface area contributed by atoms with Crippen molar-refractivity contribution in [3.8, 4) is 5.75 Å². The van der Waals surface area contributed by atoms with Gasteiger partial charge in [0.25, 0.3) is 0 Å². The van der Waals surface area contributed by atoms with Crippen molar-refractivity contribution in [1.29, 1.82) is 0 Å². The molecule has 0 saturated carbocycles. The molecule has 1 saturated heterocycles. The van der Waals surface area contributed by atoms with E-state index in [1.807, 2.05) is 18.2 Å². The van der Waals surface area contributed by atoms with Gasteiger partial charge in [-0.25, -0.2) is 0 Å². The molecule has 1 N–H and O–H groups in total. The van der Waals surface area contributed by atoms with Gasteiger partial charge in [0.15, 0.2) is 0 Å². The first-order valence-corrected chi connectivity index (χ1v) is 10.0. The van der Waals surface area contributed by atoms with E-state index in [1.54, 1.807) is 0 Å². The Kier molecular flexibility index (Phi) is 7.00. The highest BCUT2D eigenvalue weighted by Gasteiger charge is 2.21. The van der Waals surface area contributed by atoms with Crippen LogP contribution in [0, 0.1) is 6.92 Å². The van der Waals surface area contributed by atoms with E-state index < -0.39 is 0 Å². The predicted octanol–water partition coefficient (Wildman–Crippen LogP) is 3.95. The molecule has 1 fully saturated rings. The Balaban J connectivity index is 1.53. The van der Waals surface area contributed by atoms with E-state index in [2.05, 4.69) is 47.9 Å². The minimum Gasteiger partial charge on any atom is -0.491 e. The fraction of sp³-hybridized carbons (Fsp3) is 0.455. The molecule has 1 heterocycles. The van der Waals surface area contributed by atoms with Gasteiger partial charge in [-0.05, 0) is 30.5 Å². The molecule has 0 aliphatic carbocycles. The molecule has 4 nitrogen and oxygen atoms in total. The summed E-state index contributed by atoms with van der Waals surface area (Å²) in [5.74, 6) is 1.23. The SMILES string of the molecule is Cc1ccc(C(C)CN2CCN(c3ccc(OCCO)cc3Cl)CC2)cc1. The lowest BCUT2D eigenvalue weighted by Crippen LogP contribution is -2.47.